The highest BCUT2D eigenvalue weighted by molar-refractivity contribution is 5.88. The van der Waals surface area contributed by atoms with Crippen LogP contribution in [0.1, 0.15) is 26.7 Å². The highest BCUT2D eigenvalue weighted by atomic mass is 16.5. The minimum absolute atomic E-state index is 0.1000. The number of hydrogen-bond donors (Lipinski definition) is 1. The maximum absolute atomic E-state index is 10.3. The van der Waals surface area contributed by atoms with Crippen molar-refractivity contribution >= 4 is 10.8 Å². The van der Waals surface area contributed by atoms with Gasteiger partial charge in [-0.1, -0.05) is 50.2 Å². The lowest BCUT2D eigenvalue weighted by Gasteiger charge is -2.37. The Labute approximate surface area is 120 Å². The van der Waals surface area contributed by atoms with Crippen LogP contribution in [-0.4, -0.2) is 17.3 Å². The molecule has 1 saturated carbocycles. The van der Waals surface area contributed by atoms with E-state index in [4.69, 9.17) is 4.74 Å². The predicted molar refractivity (Wildman–Crippen MR) is 81.9 cm³/mol. The molecule has 1 N–H and O–H groups in total. The first-order chi connectivity index (χ1) is 9.65. The van der Waals surface area contributed by atoms with Crippen LogP contribution in [0.2, 0.25) is 0 Å². The van der Waals surface area contributed by atoms with Crippen LogP contribution >= 0.6 is 0 Å². The van der Waals surface area contributed by atoms with Crippen molar-refractivity contribution in [3.8, 4) is 5.75 Å². The summed E-state index contributed by atoms with van der Waals surface area (Å²) in [5.41, 5.74) is 0. The minimum atomic E-state index is -0.368. The van der Waals surface area contributed by atoms with Gasteiger partial charge in [0.05, 0.1) is 6.10 Å². The van der Waals surface area contributed by atoms with E-state index in [-0.39, 0.29) is 12.2 Å². The first-order valence-corrected chi connectivity index (χ1v) is 7.47. The van der Waals surface area contributed by atoms with E-state index in [0.29, 0.717) is 11.8 Å². The molecule has 20 heavy (non-hydrogen) atoms. The van der Waals surface area contributed by atoms with Gasteiger partial charge in [-0.05, 0) is 36.1 Å². The Bertz CT molecular complexity index is 575. The molecule has 1 aliphatic carbocycles. The molecular weight excluding hydrogens is 248 g/mol. The Morgan fingerprint density at radius 1 is 1.00 bits per heavy atom. The zero-order valence-electron chi connectivity index (χ0n) is 12.1. The fourth-order valence-corrected chi connectivity index (χ4v) is 3.43. The molecule has 4 atom stereocenters. The van der Waals surface area contributed by atoms with Crippen molar-refractivity contribution in [2.75, 3.05) is 0 Å². The van der Waals surface area contributed by atoms with E-state index in [0.717, 1.165) is 24.0 Å². The zero-order valence-corrected chi connectivity index (χ0v) is 12.1. The lowest BCUT2D eigenvalue weighted by molar-refractivity contribution is -0.0381. The van der Waals surface area contributed by atoms with E-state index >= 15 is 0 Å². The average molecular weight is 270 g/mol. The normalized spacial score (nSPS) is 30.4. The van der Waals surface area contributed by atoms with Crippen LogP contribution in [0.5, 0.6) is 5.75 Å². The molecule has 2 aromatic carbocycles. The molecule has 1 fully saturated rings. The van der Waals surface area contributed by atoms with Crippen LogP contribution < -0.4 is 4.74 Å². The molecule has 0 amide bonds. The van der Waals surface area contributed by atoms with Crippen LogP contribution in [0.4, 0.5) is 0 Å². The lowest BCUT2D eigenvalue weighted by Crippen LogP contribution is -2.43. The fraction of sp³-hybridized carbons (Fsp3) is 0.444. The second-order valence-electron chi connectivity index (χ2n) is 6.18. The Morgan fingerprint density at radius 3 is 2.55 bits per heavy atom. The summed E-state index contributed by atoms with van der Waals surface area (Å²) in [6.07, 6.45) is 1.48. The summed E-state index contributed by atoms with van der Waals surface area (Å²) >= 11 is 0. The molecule has 2 heteroatoms. The van der Waals surface area contributed by atoms with Crippen molar-refractivity contribution < 1.29 is 9.84 Å². The van der Waals surface area contributed by atoms with Crippen LogP contribution in [0.3, 0.4) is 0 Å². The highest BCUT2D eigenvalue weighted by Crippen LogP contribution is 2.34. The first-order valence-electron chi connectivity index (χ1n) is 7.47. The molecule has 0 radical (unpaired) electrons. The first kappa shape index (κ1) is 13.4. The van der Waals surface area contributed by atoms with Crippen molar-refractivity contribution in [1.82, 2.24) is 0 Å². The predicted octanol–water partition coefficient (Wildman–Crippen LogP) is 4.01. The maximum Gasteiger partial charge on any atom is 0.127 e. The van der Waals surface area contributed by atoms with Crippen molar-refractivity contribution in [2.24, 2.45) is 11.8 Å². The van der Waals surface area contributed by atoms with Crippen molar-refractivity contribution in [1.29, 1.82) is 0 Å². The largest absolute Gasteiger partial charge is 0.487 e. The molecule has 0 saturated heterocycles. The Balaban J connectivity index is 1.89. The summed E-state index contributed by atoms with van der Waals surface area (Å²) in [6, 6.07) is 14.3. The number of aliphatic hydroxyl groups excluding tert-OH is 1. The summed E-state index contributed by atoms with van der Waals surface area (Å²) in [5, 5.41) is 12.6. The fourth-order valence-electron chi connectivity index (χ4n) is 3.43. The zero-order chi connectivity index (χ0) is 14.1. The van der Waals surface area contributed by atoms with Gasteiger partial charge in [-0.25, -0.2) is 0 Å². The number of fused-ring (bicyclic) bond motifs is 1. The van der Waals surface area contributed by atoms with Crippen LogP contribution in [0, 0.1) is 11.8 Å². The lowest BCUT2D eigenvalue weighted by atomic mass is 9.79. The van der Waals surface area contributed by atoms with E-state index in [1.165, 1.54) is 5.39 Å². The van der Waals surface area contributed by atoms with E-state index < -0.39 is 0 Å². The van der Waals surface area contributed by atoms with Gasteiger partial charge in [-0.3, -0.25) is 0 Å². The smallest absolute Gasteiger partial charge is 0.127 e. The SMILES string of the molecule is CC1CC(C)C(Oc2cccc3ccccc23)C(O)C1. The molecule has 3 rings (SSSR count). The number of ether oxygens (including phenoxy) is 1. The number of aliphatic hydroxyl groups is 1. The second-order valence-corrected chi connectivity index (χ2v) is 6.18. The monoisotopic (exact) mass is 270 g/mol. The van der Waals surface area contributed by atoms with E-state index in [1.807, 2.05) is 24.3 Å². The number of benzene rings is 2. The van der Waals surface area contributed by atoms with Crippen molar-refractivity contribution in [2.45, 2.75) is 38.9 Å². The van der Waals surface area contributed by atoms with Gasteiger partial charge >= 0.3 is 0 Å². The van der Waals surface area contributed by atoms with E-state index in [2.05, 4.69) is 32.0 Å². The quantitative estimate of drug-likeness (QED) is 0.893. The van der Waals surface area contributed by atoms with Gasteiger partial charge in [-0.15, -0.1) is 0 Å². The topological polar surface area (TPSA) is 29.5 Å². The number of hydrogen-bond acceptors (Lipinski definition) is 2. The van der Waals surface area contributed by atoms with Gasteiger partial charge in [-0.2, -0.15) is 0 Å². The minimum Gasteiger partial charge on any atom is -0.487 e. The molecule has 2 aromatic rings. The maximum atomic E-state index is 10.3. The molecule has 0 bridgehead atoms. The summed E-state index contributed by atoms with van der Waals surface area (Å²) in [6.45, 7) is 4.38. The molecule has 0 spiro atoms. The Kier molecular flexibility index (Phi) is 3.66. The third-order valence-electron chi connectivity index (χ3n) is 4.37. The standard InChI is InChI=1S/C18H22O2/c1-12-10-13(2)18(16(19)11-12)20-17-9-5-7-14-6-3-4-8-15(14)17/h3-9,12-13,16,18-19H,10-11H2,1-2H3. The molecule has 106 valence electrons. The summed E-state index contributed by atoms with van der Waals surface area (Å²) in [4.78, 5) is 0. The van der Waals surface area contributed by atoms with Crippen molar-refractivity contribution in [3.05, 3.63) is 42.5 Å². The summed E-state index contributed by atoms with van der Waals surface area (Å²) in [7, 11) is 0. The summed E-state index contributed by atoms with van der Waals surface area (Å²) < 4.78 is 6.19. The molecule has 0 aliphatic heterocycles. The van der Waals surface area contributed by atoms with Crippen LogP contribution in [0.25, 0.3) is 10.8 Å². The number of rotatable bonds is 2. The molecule has 2 nitrogen and oxygen atoms in total. The third kappa shape index (κ3) is 2.53. The van der Waals surface area contributed by atoms with Crippen LogP contribution in [-0.2, 0) is 0 Å². The molecular formula is C18H22O2. The van der Waals surface area contributed by atoms with E-state index in [1.54, 1.807) is 0 Å². The van der Waals surface area contributed by atoms with Gasteiger partial charge in [0.2, 0.25) is 0 Å². The molecule has 4 unspecified atom stereocenters. The van der Waals surface area contributed by atoms with Gasteiger partial charge in [0.1, 0.15) is 11.9 Å². The van der Waals surface area contributed by atoms with Gasteiger partial charge < -0.3 is 9.84 Å². The van der Waals surface area contributed by atoms with Crippen LogP contribution in [0.15, 0.2) is 42.5 Å². The second kappa shape index (κ2) is 5.45. The van der Waals surface area contributed by atoms with Gasteiger partial charge in [0.15, 0.2) is 0 Å². The van der Waals surface area contributed by atoms with E-state index in [9.17, 15) is 5.11 Å². The Hall–Kier alpha value is -1.54. The third-order valence-corrected chi connectivity index (χ3v) is 4.37. The molecule has 0 heterocycles. The summed E-state index contributed by atoms with van der Waals surface area (Å²) in [5.74, 6) is 1.84. The van der Waals surface area contributed by atoms with Gasteiger partial charge in [0.25, 0.3) is 0 Å². The van der Waals surface area contributed by atoms with Crippen molar-refractivity contribution in [3.63, 3.8) is 0 Å². The molecule has 0 aromatic heterocycles. The highest BCUT2D eigenvalue weighted by Gasteiger charge is 2.34. The molecule has 1 aliphatic rings. The van der Waals surface area contributed by atoms with Gasteiger partial charge in [0, 0.05) is 5.39 Å². The Morgan fingerprint density at radius 2 is 1.75 bits per heavy atom. The average Bonchev–Trinajstić information content (AvgIpc) is 2.43.